The Kier molecular flexibility index (Phi) is 7.86. The molecule has 9 heteroatoms. The first kappa shape index (κ1) is 24.9. The van der Waals surface area contributed by atoms with Crippen LogP contribution in [-0.4, -0.2) is 77.5 Å². The summed E-state index contributed by atoms with van der Waals surface area (Å²) in [6.45, 7) is 6.08. The molecule has 8 nitrogen and oxygen atoms in total. The zero-order chi connectivity index (χ0) is 24.2. The number of benzene rings is 2. The van der Waals surface area contributed by atoms with Crippen LogP contribution in [0.25, 0.3) is 0 Å². The van der Waals surface area contributed by atoms with Crippen LogP contribution < -0.4 is 14.4 Å². The van der Waals surface area contributed by atoms with Crippen molar-refractivity contribution in [3.8, 4) is 11.5 Å². The second kappa shape index (κ2) is 10.4. The normalized spacial score (nSPS) is 14.6. The minimum Gasteiger partial charge on any atom is -0.495 e. The van der Waals surface area contributed by atoms with E-state index in [9.17, 15) is 13.2 Å². The van der Waals surface area contributed by atoms with Gasteiger partial charge >= 0.3 is 0 Å². The second-order valence-corrected chi connectivity index (χ2v) is 10.4. The van der Waals surface area contributed by atoms with Gasteiger partial charge in [-0.25, -0.2) is 8.42 Å². The molecule has 180 valence electrons. The molecule has 2 aromatic rings. The Bertz CT molecular complexity index is 1080. The highest BCUT2D eigenvalue weighted by Gasteiger charge is 2.30. The lowest BCUT2D eigenvalue weighted by atomic mass is 10.0. The molecular weight excluding hydrogens is 442 g/mol. The molecule has 0 atom stereocenters. The van der Waals surface area contributed by atoms with Gasteiger partial charge in [0.25, 0.3) is 0 Å². The highest BCUT2D eigenvalue weighted by Crippen LogP contribution is 2.30. The Balaban J connectivity index is 1.68. The molecule has 3 rings (SSSR count). The van der Waals surface area contributed by atoms with Crippen molar-refractivity contribution in [3.63, 3.8) is 0 Å². The van der Waals surface area contributed by atoms with Gasteiger partial charge < -0.3 is 19.3 Å². The Morgan fingerprint density at radius 3 is 2.24 bits per heavy atom. The number of piperazine rings is 1. The molecule has 33 heavy (non-hydrogen) atoms. The van der Waals surface area contributed by atoms with Gasteiger partial charge in [-0.05, 0) is 35.7 Å². The van der Waals surface area contributed by atoms with Crippen molar-refractivity contribution in [2.24, 2.45) is 0 Å². The highest BCUT2D eigenvalue weighted by atomic mass is 32.2. The number of likely N-dealkylation sites (N-methyl/N-ethyl adjacent to an activating group) is 1. The van der Waals surface area contributed by atoms with E-state index in [-0.39, 0.29) is 29.0 Å². The molecular formula is C24H33N3O5S. The average Bonchev–Trinajstić information content (AvgIpc) is 2.83. The zero-order valence-corrected chi connectivity index (χ0v) is 20.8. The van der Waals surface area contributed by atoms with Crippen molar-refractivity contribution < 1.29 is 22.7 Å². The van der Waals surface area contributed by atoms with Crippen molar-refractivity contribution >= 4 is 21.6 Å². The minimum atomic E-state index is -3.90. The smallest absolute Gasteiger partial charge is 0.246 e. The van der Waals surface area contributed by atoms with Crippen LogP contribution in [0.1, 0.15) is 25.3 Å². The van der Waals surface area contributed by atoms with Gasteiger partial charge in [0.1, 0.15) is 16.4 Å². The summed E-state index contributed by atoms with van der Waals surface area (Å²) in [5, 5.41) is 0. The molecule has 1 amide bonds. The third kappa shape index (κ3) is 5.42. The SMILES string of the molecule is COc1ccccc1N1CCN(C(=O)CN(C)S(=O)(=O)c2cc(C(C)C)ccc2OC)CC1. The number of para-hydroxylation sites is 2. The fraction of sp³-hybridized carbons (Fsp3) is 0.458. The minimum absolute atomic E-state index is 0.0764. The molecule has 0 radical (unpaired) electrons. The van der Waals surface area contributed by atoms with E-state index in [4.69, 9.17) is 9.47 Å². The fourth-order valence-electron chi connectivity index (χ4n) is 3.89. The van der Waals surface area contributed by atoms with Crippen LogP contribution in [0, 0.1) is 0 Å². The summed E-state index contributed by atoms with van der Waals surface area (Å²) in [7, 11) is 0.610. The van der Waals surface area contributed by atoms with Gasteiger partial charge in [0.15, 0.2) is 0 Å². The van der Waals surface area contributed by atoms with Crippen LogP contribution in [0.4, 0.5) is 5.69 Å². The second-order valence-electron chi connectivity index (χ2n) is 8.37. The lowest BCUT2D eigenvalue weighted by molar-refractivity contribution is -0.131. The summed E-state index contributed by atoms with van der Waals surface area (Å²) in [6, 6.07) is 12.9. The molecule has 1 aliphatic rings. The summed E-state index contributed by atoms with van der Waals surface area (Å²) in [6.07, 6.45) is 0. The standard InChI is InChI=1S/C24H33N3O5S/c1-18(2)19-10-11-22(32-5)23(16-19)33(29,30)25(3)17-24(28)27-14-12-26(13-15-27)20-8-6-7-9-21(20)31-4/h6-11,16,18H,12-15,17H2,1-5H3. The van der Waals surface area contributed by atoms with Crippen LogP contribution in [0.2, 0.25) is 0 Å². The first-order valence-corrected chi connectivity index (χ1v) is 12.4. The third-order valence-electron chi connectivity index (χ3n) is 5.96. The molecule has 0 bridgehead atoms. The summed E-state index contributed by atoms with van der Waals surface area (Å²) in [4.78, 5) is 16.9. The van der Waals surface area contributed by atoms with E-state index in [1.165, 1.54) is 14.2 Å². The van der Waals surface area contributed by atoms with E-state index in [2.05, 4.69) is 4.90 Å². The number of nitrogens with zero attached hydrogens (tertiary/aromatic N) is 3. The van der Waals surface area contributed by atoms with Crippen molar-refractivity contribution in [1.82, 2.24) is 9.21 Å². The number of hydrogen-bond acceptors (Lipinski definition) is 6. The van der Waals surface area contributed by atoms with Crippen LogP contribution in [0.5, 0.6) is 11.5 Å². The molecule has 1 fully saturated rings. The average molecular weight is 476 g/mol. The third-order valence-corrected chi connectivity index (χ3v) is 7.78. The molecule has 1 saturated heterocycles. The lowest BCUT2D eigenvalue weighted by Gasteiger charge is -2.37. The molecule has 2 aromatic carbocycles. The van der Waals surface area contributed by atoms with Crippen LogP contribution in [0.15, 0.2) is 47.4 Å². The Hall–Kier alpha value is -2.78. The molecule has 0 unspecified atom stereocenters. The number of sulfonamides is 1. The largest absolute Gasteiger partial charge is 0.495 e. The summed E-state index contributed by atoms with van der Waals surface area (Å²) in [5.41, 5.74) is 1.88. The number of methoxy groups -OCH3 is 2. The summed E-state index contributed by atoms with van der Waals surface area (Å²) >= 11 is 0. The number of carbonyl (C=O) groups excluding carboxylic acids is 1. The molecule has 0 saturated carbocycles. The van der Waals surface area contributed by atoms with E-state index in [1.54, 1.807) is 24.1 Å². The van der Waals surface area contributed by atoms with E-state index < -0.39 is 10.0 Å². The number of anilines is 1. The monoisotopic (exact) mass is 475 g/mol. The topological polar surface area (TPSA) is 79.4 Å². The predicted molar refractivity (Wildman–Crippen MR) is 129 cm³/mol. The van der Waals surface area contributed by atoms with Crippen molar-refractivity contribution in [3.05, 3.63) is 48.0 Å². The van der Waals surface area contributed by atoms with Gasteiger partial charge in [-0.3, -0.25) is 4.79 Å². The van der Waals surface area contributed by atoms with Gasteiger partial charge in [-0.2, -0.15) is 4.31 Å². The van der Waals surface area contributed by atoms with Crippen molar-refractivity contribution in [2.75, 3.05) is 58.9 Å². The van der Waals surface area contributed by atoms with Crippen molar-refractivity contribution in [2.45, 2.75) is 24.7 Å². The maximum atomic E-state index is 13.3. The summed E-state index contributed by atoms with van der Waals surface area (Å²) < 4.78 is 38.4. The Morgan fingerprint density at radius 2 is 1.64 bits per heavy atom. The Labute approximate surface area is 196 Å². The lowest BCUT2D eigenvalue weighted by Crippen LogP contribution is -2.51. The van der Waals surface area contributed by atoms with E-state index in [0.29, 0.717) is 26.2 Å². The van der Waals surface area contributed by atoms with Crippen LogP contribution in [0.3, 0.4) is 0 Å². The fourth-order valence-corrected chi connectivity index (χ4v) is 5.19. The highest BCUT2D eigenvalue weighted by molar-refractivity contribution is 7.89. The van der Waals surface area contributed by atoms with Crippen LogP contribution >= 0.6 is 0 Å². The van der Waals surface area contributed by atoms with Gasteiger partial charge in [0.05, 0.1) is 26.5 Å². The maximum absolute atomic E-state index is 13.3. The number of carbonyl (C=O) groups is 1. The molecule has 1 heterocycles. The van der Waals surface area contributed by atoms with Gasteiger partial charge in [-0.15, -0.1) is 0 Å². The van der Waals surface area contributed by atoms with E-state index >= 15 is 0 Å². The van der Waals surface area contributed by atoms with E-state index in [0.717, 1.165) is 21.3 Å². The zero-order valence-electron chi connectivity index (χ0n) is 19.9. The van der Waals surface area contributed by atoms with Gasteiger partial charge in [-0.1, -0.05) is 32.0 Å². The number of amides is 1. The first-order valence-electron chi connectivity index (χ1n) is 11.0. The molecule has 0 N–H and O–H groups in total. The molecule has 0 aromatic heterocycles. The van der Waals surface area contributed by atoms with Crippen molar-refractivity contribution in [1.29, 1.82) is 0 Å². The maximum Gasteiger partial charge on any atom is 0.246 e. The van der Waals surface area contributed by atoms with Gasteiger partial charge in [0, 0.05) is 33.2 Å². The predicted octanol–water partition coefficient (Wildman–Crippen LogP) is 2.80. The first-order chi connectivity index (χ1) is 15.7. The molecule has 0 spiro atoms. The van der Waals surface area contributed by atoms with Crippen LogP contribution in [-0.2, 0) is 14.8 Å². The quantitative estimate of drug-likeness (QED) is 0.584. The molecule has 0 aliphatic carbocycles. The molecule has 1 aliphatic heterocycles. The van der Waals surface area contributed by atoms with E-state index in [1.807, 2.05) is 44.2 Å². The number of hydrogen-bond donors (Lipinski definition) is 0. The number of rotatable bonds is 8. The summed E-state index contributed by atoms with van der Waals surface area (Å²) in [5.74, 6) is 1.00. The number of ether oxygens (including phenoxy) is 2. The van der Waals surface area contributed by atoms with Gasteiger partial charge in [0.2, 0.25) is 15.9 Å². The Morgan fingerprint density at radius 1 is 1.00 bits per heavy atom.